The highest BCUT2D eigenvalue weighted by Crippen LogP contribution is 2.28. The summed E-state index contributed by atoms with van der Waals surface area (Å²) in [5, 5.41) is 13.0. The number of rotatable bonds is 6. The molecule has 3 heteroatoms. The Bertz CT molecular complexity index is 549. The first kappa shape index (κ1) is 14.1. The van der Waals surface area contributed by atoms with E-state index in [9.17, 15) is 5.11 Å². The van der Waals surface area contributed by atoms with Crippen molar-refractivity contribution in [2.24, 2.45) is 5.92 Å². The molecule has 0 radical (unpaired) electrons. The molecule has 1 aromatic carbocycles. The molecule has 1 fully saturated rings. The molecule has 2 aromatic rings. The summed E-state index contributed by atoms with van der Waals surface area (Å²) in [6, 6.07) is 8.85. The molecule has 0 amide bonds. The maximum atomic E-state index is 9.48. The Morgan fingerprint density at radius 2 is 2.15 bits per heavy atom. The smallest absolute Gasteiger partial charge is 0.0543 e. The Morgan fingerprint density at radius 3 is 3.00 bits per heavy atom. The third-order valence-electron chi connectivity index (χ3n) is 4.24. The Labute approximate surface area is 124 Å². The average Bonchev–Trinajstić information content (AvgIpc) is 3.06. The molecule has 20 heavy (non-hydrogen) atoms. The molecule has 1 heterocycles. The summed E-state index contributed by atoms with van der Waals surface area (Å²) >= 11 is 1.79. The molecule has 0 saturated heterocycles. The van der Waals surface area contributed by atoms with Crippen LogP contribution in [-0.4, -0.2) is 24.4 Å². The normalized spacial score (nSPS) is 22.6. The van der Waals surface area contributed by atoms with Gasteiger partial charge in [0, 0.05) is 11.3 Å². The van der Waals surface area contributed by atoms with Gasteiger partial charge in [0.25, 0.3) is 0 Å². The Balaban J connectivity index is 1.37. The minimum Gasteiger partial charge on any atom is -0.393 e. The van der Waals surface area contributed by atoms with Crippen molar-refractivity contribution in [2.45, 2.75) is 38.2 Å². The quantitative estimate of drug-likeness (QED) is 0.814. The van der Waals surface area contributed by atoms with Gasteiger partial charge in [-0.25, -0.2) is 0 Å². The highest BCUT2D eigenvalue weighted by Gasteiger charge is 2.22. The van der Waals surface area contributed by atoms with Gasteiger partial charge in [0.1, 0.15) is 0 Å². The van der Waals surface area contributed by atoms with Gasteiger partial charge in [0.2, 0.25) is 0 Å². The van der Waals surface area contributed by atoms with Crippen molar-refractivity contribution >= 4 is 21.4 Å². The number of ether oxygens (including phenoxy) is 1. The summed E-state index contributed by atoms with van der Waals surface area (Å²) in [7, 11) is 0. The highest BCUT2D eigenvalue weighted by molar-refractivity contribution is 7.17. The molecule has 1 saturated carbocycles. The lowest BCUT2D eigenvalue weighted by Crippen LogP contribution is -2.06. The van der Waals surface area contributed by atoms with Crippen LogP contribution in [0.2, 0.25) is 0 Å². The molecule has 108 valence electrons. The maximum Gasteiger partial charge on any atom is 0.0543 e. The second kappa shape index (κ2) is 6.70. The van der Waals surface area contributed by atoms with Crippen LogP contribution in [0.1, 0.15) is 31.2 Å². The fourth-order valence-electron chi connectivity index (χ4n) is 3.02. The second-order valence-electron chi connectivity index (χ2n) is 5.78. The minimum atomic E-state index is -0.0580. The molecule has 0 spiro atoms. The first-order valence-electron chi connectivity index (χ1n) is 7.53. The third-order valence-corrected chi connectivity index (χ3v) is 5.13. The Hall–Kier alpha value is -0.900. The van der Waals surface area contributed by atoms with Crippen LogP contribution < -0.4 is 0 Å². The summed E-state index contributed by atoms with van der Waals surface area (Å²) < 4.78 is 7.11. The van der Waals surface area contributed by atoms with Crippen molar-refractivity contribution in [1.29, 1.82) is 0 Å². The van der Waals surface area contributed by atoms with Crippen LogP contribution >= 0.6 is 11.3 Å². The molecule has 1 aliphatic carbocycles. The molecule has 3 rings (SSSR count). The molecule has 2 unspecified atom stereocenters. The number of fused-ring (bicyclic) bond motifs is 1. The van der Waals surface area contributed by atoms with Crippen LogP contribution in [-0.2, 0) is 11.2 Å². The Kier molecular flexibility index (Phi) is 4.71. The van der Waals surface area contributed by atoms with E-state index in [0.717, 1.165) is 38.9 Å². The van der Waals surface area contributed by atoms with Crippen LogP contribution in [0.5, 0.6) is 0 Å². The van der Waals surface area contributed by atoms with E-state index in [-0.39, 0.29) is 6.10 Å². The van der Waals surface area contributed by atoms with E-state index in [1.807, 2.05) is 0 Å². The van der Waals surface area contributed by atoms with Gasteiger partial charge in [0.05, 0.1) is 12.7 Å². The van der Waals surface area contributed by atoms with Crippen LogP contribution in [0.15, 0.2) is 29.6 Å². The highest BCUT2D eigenvalue weighted by atomic mass is 32.1. The first-order valence-corrected chi connectivity index (χ1v) is 8.41. The monoisotopic (exact) mass is 290 g/mol. The van der Waals surface area contributed by atoms with E-state index in [0.29, 0.717) is 5.92 Å². The summed E-state index contributed by atoms with van der Waals surface area (Å²) in [6.07, 6.45) is 5.14. The third kappa shape index (κ3) is 3.60. The lowest BCUT2D eigenvalue weighted by Gasteiger charge is -2.09. The van der Waals surface area contributed by atoms with Gasteiger partial charge in [-0.1, -0.05) is 12.1 Å². The number of aliphatic hydroxyl groups excluding tert-OH is 1. The molecule has 1 N–H and O–H groups in total. The van der Waals surface area contributed by atoms with Gasteiger partial charge in [-0.2, -0.15) is 0 Å². The number of thiophene rings is 1. The number of hydrogen-bond acceptors (Lipinski definition) is 3. The first-order chi connectivity index (χ1) is 9.81. The lowest BCUT2D eigenvalue weighted by atomic mass is 10.1. The van der Waals surface area contributed by atoms with Crippen LogP contribution in [0.4, 0.5) is 0 Å². The van der Waals surface area contributed by atoms with Crippen molar-refractivity contribution in [3.63, 3.8) is 0 Å². The molecule has 2 nitrogen and oxygen atoms in total. The fraction of sp³-hybridized carbons (Fsp3) is 0.529. The van der Waals surface area contributed by atoms with Gasteiger partial charge in [-0.05, 0) is 66.5 Å². The van der Waals surface area contributed by atoms with Crippen molar-refractivity contribution < 1.29 is 9.84 Å². The zero-order chi connectivity index (χ0) is 13.8. The predicted molar refractivity (Wildman–Crippen MR) is 84.3 cm³/mol. The van der Waals surface area contributed by atoms with Gasteiger partial charge >= 0.3 is 0 Å². The summed E-state index contributed by atoms with van der Waals surface area (Å²) in [5.74, 6) is 0.673. The van der Waals surface area contributed by atoms with Crippen molar-refractivity contribution in [3.8, 4) is 0 Å². The zero-order valence-corrected chi connectivity index (χ0v) is 12.6. The average molecular weight is 290 g/mol. The van der Waals surface area contributed by atoms with E-state index in [4.69, 9.17) is 4.74 Å². The molecule has 1 aliphatic rings. The standard InChI is InChI=1S/C17H22O2S/c18-16-3-1-14(12-16)6-9-19-8-5-13-2-4-17-15(11-13)7-10-20-17/h2,4,7,10-11,14,16,18H,1,3,5-6,8-9,12H2. The minimum absolute atomic E-state index is 0.0580. The lowest BCUT2D eigenvalue weighted by molar-refractivity contribution is 0.119. The summed E-state index contributed by atoms with van der Waals surface area (Å²) in [6.45, 7) is 1.63. The van der Waals surface area contributed by atoms with Crippen molar-refractivity contribution in [1.82, 2.24) is 0 Å². The largest absolute Gasteiger partial charge is 0.393 e. The molecule has 0 aliphatic heterocycles. The van der Waals surface area contributed by atoms with Gasteiger partial charge in [-0.15, -0.1) is 11.3 Å². The maximum absolute atomic E-state index is 9.48. The van der Waals surface area contributed by atoms with E-state index in [1.165, 1.54) is 22.1 Å². The molecule has 0 bridgehead atoms. The number of aliphatic hydroxyl groups is 1. The second-order valence-corrected chi connectivity index (χ2v) is 6.72. The van der Waals surface area contributed by atoms with E-state index < -0.39 is 0 Å². The fourth-order valence-corrected chi connectivity index (χ4v) is 3.80. The molecular formula is C17H22O2S. The van der Waals surface area contributed by atoms with Crippen molar-refractivity contribution in [3.05, 3.63) is 35.2 Å². The van der Waals surface area contributed by atoms with Crippen LogP contribution in [0.25, 0.3) is 10.1 Å². The van der Waals surface area contributed by atoms with Crippen LogP contribution in [0, 0.1) is 5.92 Å². The van der Waals surface area contributed by atoms with Crippen LogP contribution in [0.3, 0.4) is 0 Å². The number of benzene rings is 1. The van der Waals surface area contributed by atoms with Gasteiger partial charge < -0.3 is 9.84 Å². The Morgan fingerprint density at radius 1 is 1.20 bits per heavy atom. The SMILES string of the molecule is OC1CCC(CCOCCc2ccc3sccc3c2)C1. The molecular weight excluding hydrogens is 268 g/mol. The molecule has 1 aromatic heterocycles. The zero-order valence-electron chi connectivity index (χ0n) is 11.8. The van der Waals surface area contributed by atoms with E-state index in [2.05, 4.69) is 29.6 Å². The molecule has 2 atom stereocenters. The van der Waals surface area contributed by atoms with Gasteiger partial charge in [0.15, 0.2) is 0 Å². The summed E-state index contributed by atoms with van der Waals surface area (Å²) in [4.78, 5) is 0. The topological polar surface area (TPSA) is 29.5 Å². The van der Waals surface area contributed by atoms with Crippen molar-refractivity contribution in [2.75, 3.05) is 13.2 Å². The number of hydrogen-bond donors (Lipinski definition) is 1. The van der Waals surface area contributed by atoms with E-state index in [1.54, 1.807) is 11.3 Å². The van der Waals surface area contributed by atoms with Gasteiger partial charge in [-0.3, -0.25) is 0 Å². The van der Waals surface area contributed by atoms with E-state index >= 15 is 0 Å². The predicted octanol–water partition coefficient (Wildman–Crippen LogP) is 4.01. The summed E-state index contributed by atoms with van der Waals surface area (Å²) in [5.41, 5.74) is 1.35.